The van der Waals surface area contributed by atoms with Gasteiger partial charge >= 0.3 is 0 Å². The standard InChI is InChI=1S/C4H2S/c1-3-5-4-2/h1-2H/p+1. The second-order valence-electron chi connectivity index (χ2n) is 0.370. The van der Waals surface area contributed by atoms with E-state index in [0.29, 0.717) is 11.8 Å². The average Bonchev–Trinajstić information content (AvgIpc) is 1.41. The topological polar surface area (TPSA) is 0 Å². The lowest BCUT2D eigenvalue weighted by atomic mass is 11.4. The van der Waals surface area contributed by atoms with Crippen molar-refractivity contribution in [2.24, 2.45) is 0 Å². The first-order valence-corrected chi connectivity index (χ1v) is 1.92. The van der Waals surface area contributed by atoms with E-state index in [2.05, 4.69) is 10.5 Å². The quantitative estimate of drug-likeness (QED) is 0.219. The van der Waals surface area contributed by atoms with E-state index >= 15 is 0 Å². The molecule has 0 saturated carbocycles. The van der Waals surface area contributed by atoms with Crippen molar-refractivity contribution >= 4 is 11.8 Å². The monoisotopic (exact) mass is 83.0 g/mol. The maximum Gasteiger partial charge on any atom is 0.162 e. The normalized spacial score (nSPS) is 4.40. The van der Waals surface area contributed by atoms with Gasteiger partial charge in [-0.05, 0) is 0 Å². The summed E-state index contributed by atoms with van der Waals surface area (Å²) in [5, 5.41) is 4.51. The molecule has 0 saturated heterocycles. The molecule has 0 nitrogen and oxygen atoms in total. The zero-order chi connectivity index (χ0) is 4.12. The van der Waals surface area contributed by atoms with Crippen LogP contribution in [-0.4, -0.2) is 0 Å². The van der Waals surface area contributed by atoms with E-state index < -0.39 is 0 Å². The molecule has 0 radical (unpaired) electrons. The molecule has 0 aromatic heterocycles. The fourth-order valence-corrected chi connectivity index (χ4v) is 0.112. The van der Waals surface area contributed by atoms with Gasteiger partial charge in [0.2, 0.25) is 0 Å². The van der Waals surface area contributed by atoms with Gasteiger partial charge < -0.3 is 0 Å². The molecular weight excluding hydrogens is 80.1 g/mol. The maximum atomic E-state index is 4.73. The van der Waals surface area contributed by atoms with Crippen molar-refractivity contribution in [3.05, 3.63) is 0 Å². The predicted octanol–water partition coefficient (Wildman–Crippen LogP) is -0.0173. The minimum Gasteiger partial charge on any atom is -0.0615 e. The first kappa shape index (κ1) is 4.47. The molecule has 0 aromatic rings. The van der Waals surface area contributed by atoms with Gasteiger partial charge in [0.05, 0.1) is 0 Å². The Hall–Kier alpha value is -0.530. The lowest BCUT2D eigenvalue weighted by molar-refractivity contribution is 3.04. The van der Waals surface area contributed by atoms with E-state index in [4.69, 9.17) is 12.8 Å². The predicted molar refractivity (Wildman–Crippen MR) is 26.4 cm³/mol. The van der Waals surface area contributed by atoms with Crippen LogP contribution in [0.15, 0.2) is 0 Å². The molecule has 0 unspecified atom stereocenters. The summed E-state index contributed by atoms with van der Waals surface area (Å²) >= 11 is 0.636. The molecule has 0 heterocycles. The third-order valence-corrected chi connectivity index (χ3v) is 0.387. The van der Waals surface area contributed by atoms with E-state index in [-0.39, 0.29) is 0 Å². The Balaban J connectivity index is 2.86. The molecule has 0 atom stereocenters. The molecule has 0 N–H and O–H groups in total. The van der Waals surface area contributed by atoms with Gasteiger partial charge in [0.15, 0.2) is 10.5 Å². The van der Waals surface area contributed by atoms with E-state index in [1.165, 1.54) is 0 Å². The molecule has 0 fully saturated rings. The van der Waals surface area contributed by atoms with Crippen molar-refractivity contribution in [3.8, 4) is 23.4 Å². The second-order valence-corrected chi connectivity index (χ2v) is 1.11. The van der Waals surface area contributed by atoms with Gasteiger partial charge in [0.25, 0.3) is 0 Å². The molecular formula is C4H3S+. The van der Waals surface area contributed by atoms with Gasteiger partial charge in [-0.2, -0.15) is 0 Å². The SMILES string of the molecule is C#C[SH+]C#C. The summed E-state index contributed by atoms with van der Waals surface area (Å²) < 4.78 is 0. The van der Waals surface area contributed by atoms with Crippen LogP contribution in [-0.2, 0) is 11.8 Å². The zero-order valence-electron chi connectivity index (χ0n) is 2.60. The molecule has 1 heteroatoms. The summed E-state index contributed by atoms with van der Waals surface area (Å²) in [5.41, 5.74) is 0. The first-order valence-electron chi connectivity index (χ1n) is 1.02. The van der Waals surface area contributed by atoms with Crippen LogP contribution >= 0.6 is 0 Å². The largest absolute Gasteiger partial charge is 0.162 e. The maximum absolute atomic E-state index is 4.73. The molecule has 24 valence electrons. The summed E-state index contributed by atoms with van der Waals surface area (Å²) in [6.45, 7) is 0. The van der Waals surface area contributed by atoms with Crippen LogP contribution in [0.3, 0.4) is 0 Å². The van der Waals surface area contributed by atoms with Gasteiger partial charge in [-0.1, -0.05) is 12.8 Å². The minimum atomic E-state index is 0.636. The van der Waals surface area contributed by atoms with Crippen molar-refractivity contribution in [1.29, 1.82) is 0 Å². The van der Waals surface area contributed by atoms with E-state index in [0.717, 1.165) is 0 Å². The van der Waals surface area contributed by atoms with Gasteiger partial charge in [-0.15, -0.1) is 0 Å². The lowest BCUT2D eigenvalue weighted by Gasteiger charge is -1.39. The third kappa shape index (κ3) is 3.47. The van der Waals surface area contributed by atoms with Crippen LogP contribution in [0.1, 0.15) is 0 Å². The highest BCUT2D eigenvalue weighted by molar-refractivity contribution is 7.88. The Morgan fingerprint density at radius 2 is 1.60 bits per heavy atom. The molecule has 0 aliphatic carbocycles. The third-order valence-electron chi connectivity index (χ3n) is 0.129. The Bertz CT molecular complexity index is 68.8. The Morgan fingerprint density at radius 1 is 1.20 bits per heavy atom. The van der Waals surface area contributed by atoms with Gasteiger partial charge in [-0.25, -0.2) is 0 Å². The van der Waals surface area contributed by atoms with Gasteiger partial charge in [-0.3, -0.25) is 0 Å². The highest BCUT2D eigenvalue weighted by Crippen LogP contribution is 1.53. The van der Waals surface area contributed by atoms with Crippen molar-refractivity contribution < 1.29 is 0 Å². The van der Waals surface area contributed by atoms with Crippen molar-refractivity contribution in [3.63, 3.8) is 0 Å². The van der Waals surface area contributed by atoms with Crippen LogP contribution in [0.5, 0.6) is 0 Å². The minimum absolute atomic E-state index is 0.636. The van der Waals surface area contributed by atoms with Crippen molar-refractivity contribution in [2.45, 2.75) is 0 Å². The summed E-state index contributed by atoms with van der Waals surface area (Å²) in [4.78, 5) is 0. The second kappa shape index (κ2) is 3.47. The summed E-state index contributed by atoms with van der Waals surface area (Å²) in [6, 6.07) is 0. The van der Waals surface area contributed by atoms with Crippen LogP contribution in [0.4, 0.5) is 0 Å². The van der Waals surface area contributed by atoms with Crippen LogP contribution < -0.4 is 0 Å². The Kier molecular flexibility index (Phi) is 3.10. The van der Waals surface area contributed by atoms with Crippen LogP contribution in [0.25, 0.3) is 0 Å². The van der Waals surface area contributed by atoms with Crippen molar-refractivity contribution in [1.82, 2.24) is 0 Å². The number of hydrogen-bond acceptors (Lipinski definition) is 0. The molecule has 0 aliphatic rings. The van der Waals surface area contributed by atoms with Crippen molar-refractivity contribution in [2.75, 3.05) is 0 Å². The number of rotatable bonds is 0. The molecule has 5 heavy (non-hydrogen) atoms. The number of terminal acetylenes is 2. The van der Waals surface area contributed by atoms with Gasteiger partial charge in [0, 0.05) is 0 Å². The van der Waals surface area contributed by atoms with Gasteiger partial charge in [0.1, 0.15) is 11.8 Å². The Labute approximate surface area is 36.0 Å². The first-order chi connectivity index (χ1) is 2.41. The average molecular weight is 83.1 g/mol. The molecule has 0 spiro atoms. The number of thiol groups is 1. The Morgan fingerprint density at radius 3 is 1.60 bits per heavy atom. The smallest absolute Gasteiger partial charge is 0.0615 e. The molecule has 0 aliphatic heterocycles. The highest BCUT2D eigenvalue weighted by Gasteiger charge is 1.67. The van der Waals surface area contributed by atoms with E-state index in [9.17, 15) is 0 Å². The van der Waals surface area contributed by atoms with E-state index in [1.807, 2.05) is 0 Å². The highest BCUT2D eigenvalue weighted by atomic mass is 32.2. The van der Waals surface area contributed by atoms with Crippen LogP contribution in [0.2, 0.25) is 0 Å². The molecule has 0 rings (SSSR count). The van der Waals surface area contributed by atoms with E-state index in [1.54, 1.807) is 0 Å². The molecule has 0 aromatic carbocycles. The zero-order valence-corrected chi connectivity index (χ0v) is 3.50. The molecule has 0 bridgehead atoms. The number of hydrogen-bond donors (Lipinski definition) is 0. The lowest BCUT2D eigenvalue weighted by Crippen LogP contribution is -1.53. The summed E-state index contributed by atoms with van der Waals surface area (Å²) in [6.07, 6.45) is 9.47. The summed E-state index contributed by atoms with van der Waals surface area (Å²) in [5.74, 6) is 0. The fourth-order valence-electron chi connectivity index (χ4n) is 0.0373. The molecule has 0 amide bonds. The summed E-state index contributed by atoms with van der Waals surface area (Å²) in [7, 11) is 0. The fraction of sp³-hybridized carbons (Fsp3) is 0. The van der Waals surface area contributed by atoms with Crippen LogP contribution in [0, 0.1) is 23.4 Å².